The molecular weight excluding hydrogens is 188 g/mol. The van der Waals surface area contributed by atoms with Crippen LogP contribution in [-0.2, 0) is 0 Å². The molecular formula is C11H24N4. The van der Waals surface area contributed by atoms with Crippen molar-refractivity contribution in [2.75, 3.05) is 26.7 Å². The van der Waals surface area contributed by atoms with E-state index in [4.69, 9.17) is 11.1 Å². The van der Waals surface area contributed by atoms with Crippen molar-refractivity contribution in [3.8, 4) is 0 Å². The minimum atomic E-state index is 0.131. The van der Waals surface area contributed by atoms with E-state index in [1.54, 1.807) is 0 Å². The molecule has 0 saturated carbocycles. The Kier molecular flexibility index (Phi) is 4.54. The maximum Gasteiger partial charge on any atom is 0.108 e. The van der Waals surface area contributed by atoms with E-state index < -0.39 is 0 Å². The van der Waals surface area contributed by atoms with Gasteiger partial charge in [-0.3, -0.25) is 10.3 Å². The Labute approximate surface area is 92.9 Å². The Morgan fingerprint density at radius 1 is 1.53 bits per heavy atom. The van der Waals surface area contributed by atoms with Gasteiger partial charge in [-0.05, 0) is 33.4 Å². The highest BCUT2D eigenvalue weighted by atomic mass is 15.3. The molecule has 1 fully saturated rings. The molecule has 0 bridgehead atoms. The van der Waals surface area contributed by atoms with Crippen LogP contribution in [0.1, 0.15) is 26.7 Å². The maximum absolute atomic E-state index is 7.62. The molecule has 0 aromatic carbocycles. The lowest BCUT2D eigenvalue weighted by Crippen LogP contribution is -2.50. The number of rotatable bonds is 3. The van der Waals surface area contributed by atoms with Crippen molar-refractivity contribution in [1.29, 1.82) is 5.41 Å². The predicted molar refractivity (Wildman–Crippen MR) is 64.3 cm³/mol. The number of amidine groups is 1. The number of nitrogens with two attached hydrogens (primary N) is 1. The molecule has 4 nitrogen and oxygen atoms in total. The van der Waals surface area contributed by atoms with E-state index in [0.717, 1.165) is 26.1 Å². The van der Waals surface area contributed by atoms with Crippen LogP contribution in [0.15, 0.2) is 0 Å². The van der Waals surface area contributed by atoms with Crippen molar-refractivity contribution in [2.24, 2.45) is 5.73 Å². The predicted octanol–water partition coefficient (Wildman–Crippen LogP) is 0.727. The van der Waals surface area contributed by atoms with Crippen LogP contribution in [-0.4, -0.2) is 54.4 Å². The largest absolute Gasteiger partial charge is 0.386 e. The van der Waals surface area contributed by atoms with Crippen LogP contribution in [0.4, 0.5) is 0 Å². The second kappa shape index (κ2) is 5.47. The third-order valence-electron chi connectivity index (χ3n) is 3.24. The lowest BCUT2D eigenvalue weighted by molar-refractivity contribution is 0.173. The van der Waals surface area contributed by atoms with Gasteiger partial charge in [0.15, 0.2) is 0 Å². The zero-order valence-electron chi connectivity index (χ0n) is 10.2. The molecule has 1 aliphatic rings. The fourth-order valence-electron chi connectivity index (χ4n) is 2.49. The zero-order chi connectivity index (χ0) is 11.4. The summed E-state index contributed by atoms with van der Waals surface area (Å²) in [7, 11) is 2.16. The average molecular weight is 212 g/mol. The van der Waals surface area contributed by atoms with Gasteiger partial charge in [-0.15, -0.1) is 0 Å². The molecule has 4 heteroatoms. The minimum Gasteiger partial charge on any atom is -0.386 e. The lowest BCUT2D eigenvalue weighted by Gasteiger charge is -2.34. The van der Waals surface area contributed by atoms with Crippen LogP contribution >= 0.6 is 0 Å². The first-order chi connectivity index (χ1) is 7.06. The summed E-state index contributed by atoms with van der Waals surface area (Å²) in [6, 6.07) is 0.623. The molecule has 3 N–H and O–H groups in total. The van der Waals surface area contributed by atoms with Crippen molar-refractivity contribution in [3.05, 3.63) is 0 Å². The number of nitrogens with one attached hydrogen (secondary N) is 1. The zero-order valence-corrected chi connectivity index (χ0v) is 10.2. The highest BCUT2D eigenvalue weighted by Crippen LogP contribution is 2.14. The molecule has 15 heavy (non-hydrogen) atoms. The molecule has 0 amide bonds. The van der Waals surface area contributed by atoms with Crippen LogP contribution in [0.3, 0.4) is 0 Å². The minimum absolute atomic E-state index is 0.131. The lowest BCUT2D eigenvalue weighted by atomic mass is 10.1. The van der Waals surface area contributed by atoms with Gasteiger partial charge in [-0.1, -0.05) is 6.92 Å². The van der Waals surface area contributed by atoms with Crippen LogP contribution < -0.4 is 5.73 Å². The van der Waals surface area contributed by atoms with Crippen molar-refractivity contribution in [3.63, 3.8) is 0 Å². The first kappa shape index (κ1) is 12.5. The summed E-state index contributed by atoms with van der Waals surface area (Å²) < 4.78 is 0. The van der Waals surface area contributed by atoms with Crippen LogP contribution in [0.2, 0.25) is 0 Å². The third-order valence-corrected chi connectivity index (χ3v) is 3.24. The summed E-state index contributed by atoms with van der Waals surface area (Å²) in [4.78, 5) is 4.74. The summed E-state index contributed by atoms with van der Waals surface area (Å²) >= 11 is 0. The highest BCUT2D eigenvalue weighted by molar-refractivity contribution is 5.82. The van der Waals surface area contributed by atoms with Gasteiger partial charge < -0.3 is 10.6 Å². The number of nitrogens with zero attached hydrogens (tertiary/aromatic N) is 2. The van der Waals surface area contributed by atoms with Gasteiger partial charge in [-0.25, -0.2) is 0 Å². The van der Waals surface area contributed by atoms with E-state index in [2.05, 4.69) is 30.7 Å². The number of hydrogen-bond acceptors (Lipinski definition) is 3. The summed E-state index contributed by atoms with van der Waals surface area (Å²) in [5.74, 6) is 0.314. The first-order valence-electron chi connectivity index (χ1n) is 5.84. The molecule has 0 aliphatic carbocycles. The van der Waals surface area contributed by atoms with Gasteiger partial charge in [0.2, 0.25) is 0 Å². The van der Waals surface area contributed by atoms with E-state index in [1.165, 1.54) is 6.42 Å². The summed E-state index contributed by atoms with van der Waals surface area (Å²) in [6.07, 6.45) is 2.11. The van der Waals surface area contributed by atoms with Gasteiger partial charge >= 0.3 is 0 Å². The summed E-state index contributed by atoms with van der Waals surface area (Å²) in [5, 5.41) is 7.62. The second-order valence-electron chi connectivity index (χ2n) is 4.58. The summed E-state index contributed by atoms with van der Waals surface area (Å²) in [5.41, 5.74) is 5.65. The Morgan fingerprint density at radius 2 is 2.20 bits per heavy atom. The van der Waals surface area contributed by atoms with Crippen LogP contribution in [0, 0.1) is 5.41 Å². The average Bonchev–Trinajstić information content (AvgIpc) is 2.29. The maximum atomic E-state index is 7.62. The van der Waals surface area contributed by atoms with Crippen molar-refractivity contribution in [1.82, 2.24) is 9.80 Å². The standard InChI is InChI=1S/C11H24N4/c1-4-10(11(12)13)15-7-5-6-14(3)8-9(15)2/h9-10H,4-8H2,1-3H3,(H3,12,13). The van der Waals surface area contributed by atoms with E-state index in [9.17, 15) is 0 Å². The molecule has 0 aromatic heterocycles. The molecule has 2 unspecified atom stereocenters. The molecule has 2 atom stereocenters. The molecule has 1 aliphatic heterocycles. The highest BCUT2D eigenvalue weighted by Gasteiger charge is 2.26. The van der Waals surface area contributed by atoms with Gasteiger partial charge in [0.05, 0.1) is 6.04 Å². The van der Waals surface area contributed by atoms with Gasteiger partial charge in [0.1, 0.15) is 5.84 Å². The first-order valence-corrected chi connectivity index (χ1v) is 5.84. The van der Waals surface area contributed by atoms with Gasteiger partial charge in [0, 0.05) is 19.1 Å². The van der Waals surface area contributed by atoms with E-state index in [0.29, 0.717) is 11.9 Å². The fraction of sp³-hybridized carbons (Fsp3) is 0.909. The quantitative estimate of drug-likeness (QED) is 0.535. The third kappa shape index (κ3) is 3.18. The van der Waals surface area contributed by atoms with E-state index in [1.807, 2.05) is 0 Å². The Hall–Kier alpha value is -0.610. The SMILES string of the molecule is CCC(C(=N)N)N1CCCN(C)CC1C. The number of likely N-dealkylation sites (N-methyl/N-ethyl adjacent to an activating group) is 1. The fourth-order valence-corrected chi connectivity index (χ4v) is 2.49. The van der Waals surface area contributed by atoms with E-state index in [-0.39, 0.29) is 6.04 Å². The molecule has 88 valence electrons. The number of hydrogen-bond donors (Lipinski definition) is 2. The topological polar surface area (TPSA) is 56.4 Å². The van der Waals surface area contributed by atoms with Gasteiger partial charge in [-0.2, -0.15) is 0 Å². The molecule has 0 spiro atoms. The molecule has 1 heterocycles. The molecule has 0 aromatic rings. The Bertz CT molecular complexity index is 217. The monoisotopic (exact) mass is 212 g/mol. The van der Waals surface area contributed by atoms with Crippen molar-refractivity contribution >= 4 is 5.84 Å². The summed E-state index contributed by atoms with van der Waals surface area (Å²) in [6.45, 7) is 7.61. The Balaban J connectivity index is 2.69. The van der Waals surface area contributed by atoms with E-state index >= 15 is 0 Å². The van der Waals surface area contributed by atoms with Crippen LogP contribution in [0.25, 0.3) is 0 Å². The second-order valence-corrected chi connectivity index (χ2v) is 4.58. The van der Waals surface area contributed by atoms with Crippen molar-refractivity contribution in [2.45, 2.75) is 38.8 Å². The molecule has 1 rings (SSSR count). The smallest absolute Gasteiger partial charge is 0.108 e. The molecule has 0 radical (unpaired) electrons. The normalized spacial score (nSPS) is 27.3. The van der Waals surface area contributed by atoms with Crippen molar-refractivity contribution < 1.29 is 0 Å². The molecule has 1 saturated heterocycles. The van der Waals surface area contributed by atoms with Gasteiger partial charge in [0.25, 0.3) is 0 Å². The van der Waals surface area contributed by atoms with Crippen LogP contribution in [0.5, 0.6) is 0 Å². The Morgan fingerprint density at radius 3 is 2.73 bits per heavy atom.